The molecule has 0 N–H and O–H groups in total. The quantitative estimate of drug-likeness (QED) is 0.527. The summed E-state index contributed by atoms with van der Waals surface area (Å²) in [5.74, 6) is -2.06. The third kappa shape index (κ3) is 1.84. The van der Waals surface area contributed by atoms with Crippen LogP contribution in [-0.4, -0.2) is 34.1 Å². The molecule has 0 spiro atoms. The Morgan fingerprint density at radius 3 is 2.00 bits per heavy atom. The Morgan fingerprint density at radius 2 is 1.75 bits per heavy atom. The number of aromatic nitrogens is 2. The zero-order valence-electron chi connectivity index (χ0n) is 8.15. The molecule has 1 aromatic rings. The van der Waals surface area contributed by atoms with Gasteiger partial charge < -0.3 is 20.2 Å². The first kappa shape index (κ1) is 12.0. The average molecular weight is 250 g/mol. The van der Waals surface area contributed by atoms with E-state index in [2.05, 4.69) is 4.98 Å². The molecule has 1 rings (SSSR count). The number of hydrogen-bond donors (Lipinski definition) is 0. The molecule has 0 radical (unpaired) electrons. The van der Waals surface area contributed by atoms with Crippen LogP contribution in [0.3, 0.4) is 0 Å². The summed E-state index contributed by atoms with van der Waals surface area (Å²) < 4.78 is 22.8. The van der Waals surface area contributed by atoms with Crippen LogP contribution in [0.1, 0.15) is 0 Å². The Morgan fingerprint density at radius 1 is 1.25 bits per heavy atom. The van der Waals surface area contributed by atoms with Gasteiger partial charge in [-0.3, -0.25) is 0 Å². The topological polar surface area (TPSA) is 138 Å². The predicted octanol–water partition coefficient (Wildman–Crippen LogP) is -0.360. The number of hydrogen-bond acceptors (Lipinski definition) is 7. The highest BCUT2D eigenvalue weighted by Crippen LogP contribution is 2.27. The monoisotopic (exact) mass is 250 g/mol. The molecule has 0 saturated heterocycles. The average Bonchev–Trinajstić information content (AvgIpc) is 2.41. The van der Waals surface area contributed by atoms with E-state index in [9.17, 15) is 28.6 Å². The molecule has 0 atom stereocenters. The fraction of sp³-hybridized carbons (Fsp3) is 0.400. The summed E-state index contributed by atoms with van der Waals surface area (Å²) in [5.41, 5.74) is 0. The summed E-state index contributed by atoms with van der Waals surface area (Å²) in [5, 5.41) is 20.3. The van der Waals surface area contributed by atoms with Crippen LogP contribution < -0.4 is 0 Å². The molecule has 0 saturated carbocycles. The van der Waals surface area contributed by atoms with Gasteiger partial charge in [0.1, 0.15) is 0 Å². The standard InChI is InChI=1S/C5H6N4O6S/c1-7-4(9(12)13)3(8(10)11)6-5(7)16(2,14)15/h1-2H3. The molecule has 11 heteroatoms. The van der Waals surface area contributed by atoms with Crippen LogP contribution >= 0.6 is 0 Å². The minimum Gasteiger partial charge on any atom is -0.358 e. The van der Waals surface area contributed by atoms with Crippen molar-refractivity contribution in [3.05, 3.63) is 20.2 Å². The van der Waals surface area contributed by atoms with Gasteiger partial charge in [0, 0.05) is 4.98 Å². The molecule has 0 bridgehead atoms. The number of rotatable bonds is 3. The van der Waals surface area contributed by atoms with E-state index in [1.165, 1.54) is 0 Å². The van der Waals surface area contributed by atoms with Gasteiger partial charge in [0.25, 0.3) is 9.84 Å². The minimum atomic E-state index is -3.86. The Hall–Kier alpha value is -2.04. The van der Waals surface area contributed by atoms with Crippen molar-refractivity contribution in [3.63, 3.8) is 0 Å². The number of nitro groups is 2. The van der Waals surface area contributed by atoms with Crippen molar-refractivity contribution < 1.29 is 18.3 Å². The highest BCUT2D eigenvalue weighted by atomic mass is 32.2. The second-order valence-electron chi connectivity index (χ2n) is 2.89. The maximum atomic E-state index is 11.1. The van der Waals surface area contributed by atoms with Crippen molar-refractivity contribution in [2.24, 2.45) is 7.05 Å². The maximum absolute atomic E-state index is 11.1. The SMILES string of the molecule is Cn1c(S(C)(=O)=O)nc([N+](=O)[O-])c1[N+](=O)[O-]. The molecule has 1 aromatic heterocycles. The lowest BCUT2D eigenvalue weighted by molar-refractivity contribution is -0.428. The van der Waals surface area contributed by atoms with E-state index in [0.29, 0.717) is 4.57 Å². The van der Waals surface area contributed by atoms with Crippen LogP contribution in [0.2, 0.25) is 0 Å². The smallest absolute Gasteiger partial charge is 0.358 e. The fourth-order valence-electron chi connectivity index (χ4n) is 1.11. The molecule has 0 unspecified atom stereocenters. The van der Waals surface area contributed by atoms with E-state index in [-0.39, 0.29) is 0 Å². The molecule has 10 nitrogen and oxygen atoms in total. The zero-order valence-corrected chi connectivity index (χ0v) is 8.96. The van der Waals surface area contributed by atoms with Crippen LogP contribution in [0.15, 0.2) is 5.16 Å². The fourth-order valence-corrected chi connectivity index (χ4v) is 1.95. The lowest BCUT2D eigenvalue weighted by Crippen LogP contribution is -2.07. The first-order valence-corrected chi connectivity index (χ1v) is 5.61. The molecular formula is C5H6N4O6S. The summed E-state index contributed by atoms with van der Waals surface area (Å²) in [6.45, 7) is 0. The van der Waals surface area contributed by atoms with E-state index in [1.807, 2.05) is 0 Å². The van der Waals surface area contributed by atoms with E-state index in [4.69, 9.17) is 0 Å². The molecule has 1 heterocycles. The molecule has 0 aliphatic carbocycles. The minimum absolute atomic E-state index is 0.563. The number of imidazole rings is 1. The van der Waals surface area contributed by atoms with Crippen LogP contribution in [0.5, 0.6) is 0 Å². The van der Waals surface area contributed by atoms with Crippen molar-refractivity contribution in [3.8, 4) is 0 Å². The van der Waals surface area contributed by atoms with Gasteiger partial charge in [-0.1, -0.05) is 0 Å². The molecule has 0 aromatic carbocycles. The Bertz CT molecular complexity index is 572. The van der Waals surface area contributed by atoms with Crippen LogP contribution in [0, 0.1) is 20.2 Å². The molecule has 0 aliphatic rings. The van der Waals surface area contributed by atoms with Gasteiger partial charge in [-0.05, 0) is 9.85 Å². The van der Waals surface area contributed by atoms with Gasteiger partial charge in [-0.25, -0.2) is 8.42 Å². The van der Waals surface area contributed by atoms with Crippen molar-refractivity contribution in [1.29, 1.82) is 0 Å². The normalized spacial score (nSPS) is 11.4. The van der Waals surface area contributed by atoms with Gasteiger partial charge in [0.15, 0.2) is 0 Å². The Labute approximate surface area is 88.7 Å². The van der Waals surface area contributed by atoms with Gasteiger partial charge in [-0.15, -0.1) is 0 Å². The van der Waals surface area contributed by atoms with E-state index >= 15 is 0 Å². The molecular weight excluding hydrogens is 244 g/mol. The highest BCUT2D eigenvalue weighted by molar-refractivity contribution is 7.90. The predicted molar refractivity (Wildman–Crippen MR) is 49.6 cm³/mol. The van der Waals surface area contributed by atoms with Crippen molar-refractivity contribution in [2.45, 2.75) is 5.16 Å². The second kappa shape index (κ2) is 3.52. The second-order valence-corrected chi connectivity index (χ2v) is 4.80. The van der Waals surface area contributed by atoms with Crippen LogP contribution in [-0.2, 0) is 16.9 Å². The van der Waals surface area contributed by atoms with Crippen LogP contribution in [0.4, 0.5) is 11.6 Å². The third-order valence-corrected chi connectivity index (χ3v) is 2.71. The van der Waals surface area contributed by atoms with E-state index in [1.54, 1.807) is 0 Å². The molecule has 0 aliphatic heterocycles. The van der Waals surface area contributed by atoms with Gasteiger partial charge >= 0.3 is 16.8 Å². The van der Waals surface area contributed by atoms with Gasteiger partial charge in [-0.2, -0.15) is 4.57 Å². The summed E-state index contributed by atoms with van der Waals surface area (Å²) in [6.07, 6.45) is 0.753. The Kier molecular flexibility index (Phi) is 2.64. The highest BCUT2D eigenvalue weighted by Gasteiger charge is 2.40. The van der Waals surface area contributed by atoms with Crippen LogP contribution in [0.25, 0.3) is 0 Å². The summed E-state index contributed by atoms with van der Waals surface area (Å²) in [4.78, 5) is 22.0. The first-order chi connectivity index (χ1) is 7.16. The summed E-state index contributed by atoms with van der Waals surface area (Å²) >= 11 is 0. The molecule has 88 valence electrons. The number of nitrogens with zero attached hydrogens (tertiary/aromatic N) is 4. The van der Waals surface area contributed by atoms with Crippen molar-refractivity contribution in [1.82, 2.24) is 9.55 Å². The lowest BCUT2D eigenvalue weighted by atomic mass is 10.6. The number of sulfone groups is 1. The van der Waals surface area contributed by atoms with Crippen molar-refractivity contribution >= 4 is 21.5 Å². The summed E-state index contributed by atoms with van der Waals surface area (Å²) in [7, 11) is -2.84. The van der Waals surface area contributed by atoms with Crippen molar-refractivity contribution in [2.75, 3.05) is 6.26 Å². The molecule has 0 amide bonds. The zero-order chi connectivity index (χ0) is 12.7. The van der Waals surface area contributed by atoms with Gasteiger partial charge in [0.2, 0.25) is 0 Å². The van der Waals surface area contributed by atoms with Gasteiger partial charge in [0.05, 0.1) is 13.3 Å². The lowest BCUT2D eigenvalue weighted by Gasteiger charge is -1.93. The molecule has 16 heavy (non-hydrogen) atoms. The van der Waals surface area contributed by atoms with E-state index < -0.39 is 36.5 Å². The Balaban J connectivity index is 3.68. The maximum Gasteiger partial charge on any atom is 0.463 e. The largest absolute Gasteiger partial charge is 0.463 e. The first-order valence-electron chi connectivity index (χ1n) is 3.71. The third-order valence-electron chi connectivity index (χ3n) is 1.68. The van der Waals surface area contributed by atoms with E-state index in [0.717, 1.165) is 13.3 Å². The molecule has 0 fully saturated rings. The summed E-state index contributed by atoms with van der Waals surface area (Å²) in [6, 6.07) is 0.